The molecule has 4 heteroatoms. The molecule has 2 amide bonds. The molecule has 1 aromatic carbocycles. The summed E-state index contributed by atoms with van der Waals surface area (Å²) in [6, 6.07) is 7.63. The first-order valence-corrected chi connectivity index (χ1v) is 7.37. The third-order valence-electron chi connectivity index (χ3n) is 3.95. The molecule has 1 saturated heterocycles. The molecule has 1 heterocycles. The van der Waals surface area contributed by atoms with Crippen molar-refractivity contribution in [2.24, 2.45) is 5.92 Å². The molecule has 0 radical (unpaired) electrons. The number of benzene rings is 1. The van der Waals surface area contributed by atoms with Crippen LogP contribution < -0.4 is 5.32 Å². The molecule has 0 saturated carbocycles. The molecule has 0 spiro atoms. The zero-order valence-electron chi connectivity index (χ0n) is 12.5. The van der Waals surface area contributed by atoms with Crippen molar-refractivity contribution in [3.05, 3.63) is 48.0 Å². The van der Waals surface area contributed by atoms with E-state index in [4.69, 9.17) is 0 Å². The van der Waals surface area contributed by atoms with Crippen LogP contribution in [-0.4, -0.2) is 36.3 Å². The van der Waals surface area contributed by atoms with Crippen molar-refractivity contribution in [2.45, 2.75) is 19.8 Å². The van der Waals surface area contributed by atoms with Gasteiger partial charge < -0.3 is 10.2 Å². The number of amides is 2. The normalized spacial score (nSPS) is 15.6. The number of hydrogen-bond donors (Lipinski definition) is 1. The average Bonchev–Trinajstić information content (AvgIpc) is 2.52. The SMILES string of the molecule is C=CCNC(=O)C1CCN(C(=O)c2ccccc2C)CC1. The summed E-state index contributed by atoms with van der Waals surface area (Å²) in [5, 5.41) is 2.83. The van der Waals surface area contributed by atoms with Gasteiger partial charge in [0.2, 0.25) is 5.91 Å². The van der Waals surface area contributed by atoms with E-state index < -0.39 is 0 Å². The molecule has 0 aromatic heterocycles. The van der Waals surface area contributed by atoms with E-state index in [0.29, 0.717) is 19.6 Å². The standard InChI is InChI=1S/C17H22N2O2/c1-3-10-18-16(20)14-8-11-19(12-9-14)17(21)15-7-5-4-6-13(15)2/h3-7,14H,1,8-12H2,2H3,(H,18,20). The van der Waals surface area contributed by atoms with Gasteiger partial charge in [0.25, 0.3) is 5.91 Å². The third-order valence-corrected chi connectivity index (χ3v) is 3.95. The Labute approximate surface area is 125 Å². The van der Waals surface area contributed by atoms with Gasteiger partial charge in [-0.1, -0.05) is 24.3 Å². The van der Waals surface area contributed by atoms with Crippen molar-refractivity contribution >= 4 is 11.8 Å². The van der Waals surface area contributed by atoms with E-state index >= 15 is 0 Å². The summed E-state index contributed by atoms with van der Waals surface area (Å²) in [6.07, 6.45) is 3.12. The molecular formula is C17H22N2O2. The number of carbonyl (C=O) groups is 2. The molecule has 21 heavy (non-hydrogen) atoms. The summed E-state index contributed by atoms with van der Waals surface area (Å²) in [5.74, 6) is 0.141. The number of likely N-dealkylation sites (tertiary alicyclic amines) is 1. The van der Waals surface area contributed by atoms with Gasteiger partial charge in [-0.05, 0) is 31.4 Å². The van der Waals surface area contributed by atoms with E-state index in [9.17, 15) is 9.59 Å². The first kappa shape index (κ1) is 15.3. The topological polar surface area (TPSA) is 49.4 Å². The highest BCUT2D eigenvalue weighted by Crippen LogP contribution is 2.20. The van der Waals surface area contributed by atoms with Crippen LogP contribution >= 0.6 is 0 Å². The fraction of sp³-hybridized carbons (Fsp3) is 0.412. The first-order valence-electron chi connectivity index (χ1n) is 7.37. The fourth-order valence-corrected chi connectivity index (χ4v) is 2.65. The second kappa shape index (κ2) is 7.07. The summed E-state index contributed by atoms with van der Waals surface area (Å²) in [7, 11) is 0. The lowest BCUT2D eigenvalue weighted by molar-refractivity contribution is -0.126. The predicted octanol–water partition coefficient (Wildman–Crippen LogP) is 2.15. The Hall–Kier alpha value is -2.10. The van der Waals surface area contributed by atoms with E-state index in [1.165, 1.54) is 0 Å². The van der Waals surface area contributed by atoms with Crippen LogP contribution in [0.25, 0.3) is 0 Å². The number of piperidine rings is 1. The lowest BCUT2D eigenvalue weighted by Gasteiger charge is -2.31. The largest absolute Gasteiger partial charge is 0.352 e. The Morgan fingerprint density at radius 2 is 2.00 bits per heavy atom. The minimum Gasteiger partial charge on any atom is -0.352 e. The average molecular weight is 286 g/mol. The molecule has 4 nitrogen and oxygen atoms in total. The number of rotatable bonds is 4. The van der Waals surface area contributed by atoms with E-state index in [-0.39, 0.29) is 17.7 Å². The number of nitrogens with zero attached hydrogens (tertiary/aromatic N) is 1. The third kappa shape index (κ3) is 3.72. The van der Waals surface area contributed by atoms with Gasteiger partial charge >= 0.3 is 0 Å². The molecule has 0 unspecified atom stereocenters. The predicted molar refractivity (Wildman–Crippen MR) is 83.0 cm³/mol. The number of nitrogens with one attached hydrogen (secondary N) is 1. The molecule has 1 aromatic rings. The van der Waals surface area contributed by atoms with Crippen LogP contribution in [0.15, 0.2) is 36.9 Å². The Kier molecular flexibility index (Phi) is 5.14. The summed E-state index contributed by atoms with van der Waals surface area (Å²) in [5.41, 5.74) is 1.75. The number of hydrogen-bond acceptors (Lipinski definition) is 2. The quantitative estimate of drug-likeness (QED) is 0.862. The molecule has 2 rings (SSSR count). The van der Waals surface area contributed by atoms with Crippen molar-refractivity contribution in [1.29, 1.82) is 0 Å². The van der Waals surface area contributed by atoms with Gasteiger partial charge in [-0.2, -0.15) is 0 Å². The van der Waals surface area contributed by atoms with Crippen molar-refractivity contribution in [3.8, 4) is 0 Å². The van der Waals surface area contributed by atoms with E-state index in [2.05, 4.69) is 11.9 Å². The van der Waals surface area contributed by atoms with Crippen LogP contribution in [0.3, 0.4) is 0 Å². The maximum atomic E-state index is 12.5. The minimum atomic E-state index is 0.00544. The Bertz CT molecular complexity index is 531. The molecule has 0 atom stereocenters. The highest BCUT2D eigenvalue weighted by atomic mass is 16.2. The van der Waals surface area contributed by atoms with Gasteiger partial charge in [0.1, 0.15) is 0 Å². The zero-order valence-corrected chi connectivity index (χ0v) is 12.5. The summed E-state index contributed by atoms with van der Waals surface area (Å²) in [4.78, 5) is 26.2. The summed E-state index contributed by atoms with van der Waals surface area (Å²) in [6.45, 7) is 7.31. The lowest BCUT2D eigenvalue weighted by atomic mass is 9.95. The van der Waals surface area contributed by atoms with Gasteiger partial charge in [-0.3, -0.25) is 9.59 Å². The summed E-state index contributed by atoms with van der Waals surface area (Å²) >= 11 is 0. The molecule has 1 N–H and O–H groups in total. The van der Waals surface area contributed by atoms with Crippen molar-refractivity contribution < 1.29 is 9.59 Å². The molecule has 0 aliphatic carbocycles. The first-order chi connectivity index (χ1) is 10.1. The fourth-order valence-electron chi connectivity index (χ4n) is 2.65. The van der Waals surface area contributed by atoms with Crippen LogP contribution in [0, 0.1) is 12.8 Å². The van der Waals surface area contributed by atoms with Crippen molar-refractivity contribution in [1.82, 2.24) is 10.2 Å². The van der Waals surface area contributed by atoms with E-state index in [0.717, 1.165) is 24.0 Å². The van der Waals surface area contributed by atoms with Crippen LogP contribution in [0.1, 0.15) is 28.8 Å². The zero-order chi connectivity index (χ0) is 15.2. The van der Waals surface area contributed by atoms with Crippen LogP contribution in [0.4, 0.5) is 0 Å². The van der Waals surface area contributed by atoms with E-state index in [1.54, 1.807) is 6.08 Å². The summed E-state index contributed by atoms with van der Waals surface area (Å²) < 4.78 is 0. The highest BCUT2D eigenvalue weighted by Gasteiger charge is 2.27. The maximum absolute atomic E-state index is 12.5. The molecular weight excluding hydrogens is 264 g/mol. The monoisotopic (exact) mass is 286 g/mol. The number of aryl methyl sites for hydroxylation is 1. The second-order valence-corrected chi connectivity index (χ2v) is 5.42. The van der Waals surface area contributed by atoms with Gasteiger partial charge in [-0.25, -0.2) is 0 Å². The Morgan fingerprint density at radius 1 is 1.33 bits per heavy atom. The molecule has 1 fully saturated rings. The molecule has 1 aliphatic rings. The van der Waals surface area contributed by atoms with Crippen LogP contribution in [0.5, 0.6) is 0 Å². The minimum absolute atomic E-state index is 0.00544. The maximum Gasteiger partial charge on any atom is 0.254 e. The van der Waals surface area contributed by atoms with Gasteiger partial charge in [-0.15, -0.1) is 6.58 Å². The van der Waals surface area contributed by atoms with Crippen LogP contribution in [-0.2, 0) is 4.79 Å². The second-order valence-electron chi connectivity index (χ2n) is 5.42. The number of carbonyl (C=O) groups excluding carboxylic acids is 2. The van der Waals surface area contributed by atoms with Gasteiger partial charge in [0.05, 0.1) is 0 Å². The Balaban J connectivity index is 1.92. The molecule has 0 bridgehead atoms. The lowest BCUT2D eigenvalue weighted by Crippen LogP contribution is -2.43. The van der Waals surface area contributed by atoms with Gasteiger partial charge in [0, 0.05) is 31.1 Å². The Morgan fingerprint density at radius 3 is 2.62 bits per heavy atom. The van der Waals surface area contributed by atoms with Gasteiger partial charge in [0.15, 0.2) is 0 Å². The molecule has 112 valence electrons. The smallest absolute Gasteiger partial charge is 0.254 e. The highest BCUT2D eigenvalue weighted by molar-refractivity contribution is 5.95. The van der Waals surface area contributed by atoms with Crippen LogP contribution in [0.2, 0.25) is 0 Å². The van der Waals surface area contributed by atoms with Crippen molar-refractivity contribution in [3.63, 3.8) is 0 Å². The molecule has 1 aliphatic heterocycles. The van der Waals surface area contributed by atoms with Crippen molar-refractivity contribution in [2.75, 3.05) is 19.6 Å². The van der Waals surface area contributed by atoms with E-state index in [1.807, 2.05) is 36.1 Å².